The minimum Gasteiger partial charge on any atom is -0.310 e. The number of likely N-dealkylation sites (N-methyl/N-ethyl adjacent to an activating group) is 1. The summed E-state index contributed by atoms with van der Waals surface area (Å²) in [6, 6.07) is 9.92. The quantitative estimate of drug-likeness (QED) is 0.769. The highest BCUT2D eigenvalue weighted by Gasteiger charge is 2.01. The zero-order valence-electron chi connectivity index (χ0n) is 10.9. The Labute approximate surface area is 107 Å². The Morgan fingerprint density at radius 1 is 1.22 bits per heavy atom. The molecule has 0 aliphatic carbocycles. The molecule has 18 heavy (non-hydrogen) atoms. The molecule has 0 aliphatic heterocycles. The number of para-hydroxylation sites is 1. The summed E-state index contributed by atoms with van der Waals surface area (Å²) in [7, 11) is 4.13. The van der Waals surface area contributed by atoms with E-state index >= 15 is 0 Å². The summed E-state index contributed by atoms with van der Waals surface area (Å²) < 4.78 is 0. The SMILES string of the molecule is CN(C)CCNCc1cnn(-c2ccccc2)n1. The number of rotatable bonds is 6. The monoisotopic (exact) mass is 245 g/mol. The molecule has 0 atom stereocenters. The van der Waals surface area contributed by atoms with Crippen molar-refractivity contribution in [3.05, 3.63) is 42.2 Å². The van der Waals surface area contributed by atoms with E-state index in [2.05, 4.69) is 34.5 Å². The first-order valence-corrected chi connectivity index (χ1v) is 6.08. The van der Waals surface area contributed by atoms with Crippen LogP contribution in [0.5, 0.6) is 0 Å². The van der Waals surface area contributed by atoms with Gasteiger partial charge >= 0.3 is 0 Å². The highest BCUT2D eigenvalue weighted by atomic mass is 15.5. The molecule has 2 rings (SSSR count). The van der Waals surface area contributed by atoms with Crippen molar-refractivity contribution in [1.82, 2.24) is 25.2 Å². The molecule has 96 valence electrons. The van der Waals surface area contributed by atoms with Crippen LogP contribution in [0.1, 0.15) is 5.69 Å². The highest BCUT2D eigenvalue weighted by molar-refractivity contribution is 5.28. The molecule has 0 unspecified atom stereocenters. The van der Waals surface area contributed by atoms with Gasteiger partial charge in [0.15, 0.2) is 0 Å². The molecule has 0 bridgehead atoms. The summed E-state index contributed by atoms with van der Waals surface area (Å²) in [6.07, 6.45) is 1.80. The molecule has 0 radical (unpaired) electrons. The van der Waals surface area contributed by atoms with Gasteiger partial charge < -0.3 is 10.2 Å². The van der Waals surface area contributed by atoms with Gasteiger partial charge in [-0.1, -0.05) is 18.2 Å². The third-order valence-electron chi connectivity index (χ3n) is 2.57. The van der Waals surface area contributed by atoms with Gasteiger partial charge in [-0.3, -0.25) is 0 Å². The number of hydrogen-bond donors (Lipinski definition) is 1. The average Bonchev–Trinajstić information content (AvgIpc) is 2.84. The first-order valence-electron chi connectivity index (χ1n) is 6.08. The fourth-order valence-electron chi connectivity index (χ4n) is 1.58. The van der Waals surface area contributed by atoms with Gasteiger partial charge in [0.25, 0.3) is 0 Å². The van der Waals surface area contributed by atoms with Crippen molar-refractivity contribution in [1.29, 1.82) is 0 Å². The van der Waals surface area contributed by atoms with Gasteiger partial charge in [0, 0.05) is 19.6 Å². The second-order valence-corrected chi connectivity index (χ2v) is 4.44. The van der Waals surface area contributed by atoms with Crippen molar-refractivity contribution in [2.24, 2.45) is 0 Å². The number of aromatic nitrogens is 3. The molecular formula is C13H19N5. The molecule has 0 saturated carbocycles. The molecule has 1 N–H and O–H groups in total. The van der Waals surface area contributed by atoms with Crippen LogP contribution in [0.2, 0.25) is 0 Å². The van der Waals surface area contributed by atoms with Crippen molar-refractivity contribution < 1.29 is 0 Å². The third kappa shape index (κ3) is 3.65. The van der Waals surface area contributed by atoms with Crippen LogP contribution < -0.4 is 5.32 Å². The molecule has 1 aromatic heterocycles. The van der Waals surface area contributed by atoms with E-state index in [-0.39, 0.29) is 0 Å². The summed E-state index contributed by atoms with van der Waals surface area (Å²) in [5.74, 6) is 0. The summed E-state index contributed by atoms with van der Waals surface area (Å²) in [5, 5.41) is 12.0. The fraction of sp³-hybridized carbons (Fsp3) is 0.385. The summed E-state index contributed by atoms with van der Waals surface area (Å²) >= 11 is 0. The maximum atomic E-state index is 4.43. The van der Waals surface area contributed by atoms with Crippen molar-refractivity contribution in [2.75, 3.05) is 27.2 Å². The van der Waals surface area contributed by atoms with Crippen LogP contribution in [-0.2, 0) is 6.54 Å². The molecule has 0 fully saturated rings. The smallest absolute Gasteiger partial charge is 0.0969 e. The Kier molecular flexibility index (Phi) is 4.44. The van der Waals surface area contributed by atoms with E-state index in [4.69, 9.17) is 0 Å². The zero-order chi connectivity index (χ0) is 12.8. The number of nitrogens with zero attached hydrogens (tertiary/aromatic N) is 4. The van der Waals surface area contributed by atoms with E-state index in [1.54, 1.807) is 11.0 Å². The van der Waals surface area contributed by atoms with Gasteiger partial charge in [0.1, 0.15) is 0 Å². The minimum atomic E-state index is 0.751. The lowest BCUT2D eigenvalue weighted by atomic mass is 10.3. The number of benzene rings is 1. The van der Waals surface area contributed by atoms with Crippen LogP contribution >= 0.6 is 0 Å². The molecule has 0 spiro atoms. The molecule has 0 saturated heterocycles. The zero-order valence-corrected chi connectivity index (χ0v) is 10.9. The van der Waals surface area contributed by atoms with Crippen LogP contribution in [0.4, 0.5) is 0 Å². The Morgan fingerprint density at radius 3 is 2.72 bits per heavy atom. The highest BCUT2D eigenvalue weighted by Crippen LogP contribution is 2.03. The average molecular weight is 245 g/mol. The topological polar surface area (TPSA) is 46.0 Å². The van der Waals surface area contributed by atoms with Crippen LogP contribution in [0, 0.1) is 0 Å². The van der Waals surface area contributed by atoms with Gasteiger partial charge in [0.05, 0.1) is 17.6 Å². The predicted octanol–water partition coefficient (Wildman–Crippen LogP) is 0.918. The standard InChI is InChI=1S/C13H19N5/c1-17(2)9-8-14-10-12-11-15-18(16-12)13-6-4-3-5-7-13/h3-7,11,14H,8-10H2,1-2H3. The Bertz CT molecular complexity index is 463. The Hall–Kier alpha value is -1.72. The summed E-state index contributed by atoms with van der Waals surface area (Å²) in [6.45, 7) is 2.72. The lowest BCUT2D eigenvalue weighted by Gasteiger charge is -2.08. The van der Waals surface area contributed by atoms with Gasteiger partial charge in [-0.05, 0) is 26.2 Å². The molecular weight excluding hydrogens is 226 g/mol. The van der Waals surface area contributed by atoms with Crippen LogP contribution in [0.25, 0.3) is 5.69 Å². The molecule has 5 nitrogen and oxygen atoms in total. The van der Waals surface area contributed by atoms with Crippen molar-refractivity contribution in [3.8, 4) is 5.69 Å². The fourth-order valence-corrected chi connectivity index (χ4v) is 1.58. The third-order valence-corrected chi connectivity index (χ3v) is 2.57. The van der Waals surface area contributed by atoms with Crippen LogP contribution in [0.3, 0.4) is 0 Å². The lowest BCUT2D eigenvalue weighted by molar-refractivity contribution is 0.399. The van der Waals surface area contributed by atoms with Crippen LogP contribution in [-0.4, -0.2) is 47.1 Å². The van der Waals surface area contributed by atoms with Gasteiger partial charge in [-0.25, -0.2) is 0 Å². The number of nitrogens with one attached hydrogen (secondary N) is 1. The second-order valence-electron chi connectivity index (χ2n) is 4.44. The lowest BCUT2D eigenvalue weighted by Crippen LogP contribution is -2.26. The second kappa shape index (κ2) is 6.28. The Balaban J connectivity index is 1.87. The van der Waals surface area contributed by atoms with Crippen molar-refractivity contribution in [3.63, 3.8) is 0 Å². The van der Waals surface area contributed by atoms with Gasteiger partial charge in [-0.15, -0.1) is 0 Å². The van der Waals surface area contributed by atoms with Crippen molar-refractivity contribution >= 4 is 0 Å². The molecule has 5 heteroatoms. The Morgan fingerprint density at radius 2 is 2.00 bits per heavy atom. The maximum absolute atomic E-state index is 4.43. The van der Waals surface area contributed by atoms with E-state index in [9.17, 15) is 0 Å². The normalized spacial score (nSPS) is 11.1. The van der Waals surface area contributed by atoms with E-state index in [0.29, 0.717) is 0 Å². The predicted molar refractivity (Wildman–Crippen MR) is 71.6 cm³/mol. The first-order chi connectivity index (χ1) is 8.75. The van der Waals surface area contributed by atoms with Crippen molar-refractivity contribution in [2.45, 2.75) is 6.54 Å². The molecule has 2 aromatic rings. The first kappa shape index (κ1) is 12.7. The summed E-state index contributed by atoms with van der Waals surface area (Å²) in [4.78, 5) is 3.80. The van der Waals surface area contributed by atoms with E-state index in [1.165, 1.54) is 0 Å². The van der Waals surface area contributed by atoms with Gasteiger partial charge in [-0.2, -0.15) is 15.0 Å². The van der Waals surface area contributed by atoms with E-state index in [1.807, 2.05) is 30.3 Å². The number of hydrogen-bond acceptors (Lipinski definition) is 4. The van der Waals surface area contributed by atoms with Crippen LogP contribution in [0.15, 0.2) is 36.5 Å². The molecule has 1 aromatic carbocycles. The minimum absolute atomic E-state index is 0.751. The summed E-state index contributed by atoms with van der Waals surface area (Å²) in [5.41, 5.74) is 1.94. The van der Waals surface area contributed by atoms with E-state index < -0.39 is 0 Å². The molecule has 0 aliphatic rings. The molecule has 0 amide bonds. The largest absolute Gasteiger partial charge is 0.310 e. The molecule has 1 heterocycles. The maximum Gasteiger partial charge on any atom is 0.0969 e. The van der Waals surface area contributed by atoms with E-state index in [0.717, 1.165) is 31.0 Å². The van der Waals surface area contributed by atoms with Gasteiger partial charge in [0.2, 0.25) is 0 Å².